The minimum Gasteiger partial charge on any atom is -0.467 e. The summed E-state index contributed by atoms with van der Waals surface area (Å²) in [4.78, 5) is 44.5. The van der Waals surface area contributed by atoms with E-state index < -0.39 is 4.92 Å². The Labute approximate surface area is 202 Å². The zero-order valence-electron chi connectivity index (χ0n) is 18.2. The molecule has 1 aliphatic heterocycles. The standard InChI is InChI=1S/C23H20N4O5S2/c1-14(28)25-8-7-18-19(12-25)34-21-20(18)22(29)26(11-17-6-3-9-32-17)23(24-21)33-13-15-4-2-5-16(10-15)27(30)31/h2-6,9-10H,7-8,11-13H2,1H3. The Balaban J connectivity index is 1.55. The lowest BCUT2D eigenvalue weighted by atomic mass is 10.1. The van der Waals surface area contributed by atoms with Gasteiger partial charge >= 0.3 is 0 Å². The molecule has 5 rings (SSSR count). The Morgan fingerprint density at radius 2 is 2.18 bits per heavy atom. The van der Waals surface area contributed by atoms with Crippen LogP contribution in [0.15, 0.2) is 57.0 Å². The van der Waals surface area contributed by atoms with Crippen LogP contribution >= 0.6 is 23.1 Å². The fraction of sp³-hybridized carbons (Fsp3) is 0.261. The second-order valence-electron chi connectivity index (χ2n) is 7.96. The lowest BCUT2D eigenvalue weighted by Crippen LogP contribution is -2.34. The fourth-order valence-corrected chi connectivity index (χ4v) is 6.26. The van der Waals surface area contributed by atoms with Crippen molar-refractivity contribution in [1.82, 2.24) is 14.5 Å². The molecule has 0 fully saturated rings. The number of carbonyl (C=O) groups is 1. The maximum atomic E-state index is 13.7. The van der Waals surface area contributed by atoms with E-state index in [2.05, 4.69) is 0 Å². The Hall–Kier alpha value is -3.44. The van der Waals surface area contributed by atoms with Gasteiger partial charge in [-0.1, -0.05) is 23.9 Å². The van der Waals surface area contributed by atoms with Crippen LogP contribution in [-0.4, -0.2) is 31.8 Å². The van der Waals surface area contributed by atoms with E-state index in [9.17, 15) is 19.7 Å². The maximum Gasteiger partial charge on any atom is 0.269 e. The average Bonchev–Trinajstić information content (AvgIpc) is 3.46. The molecule has 0 bridgehead atoms. The number of nitro benzene ring substituents is 1. The van der Waals surface area contributed by atoms with E-state index in [4.69, 9.17) is 9.40 Å². The summed E-state index contributed by atoms with van der Waals surface area (Å²) in [5.41, 5.74) is 1.62. The first-order chi connectivity index (χ1) is 16.4. The normalized spacial score (nSPS) is 13.3. The number of benzene rings is 1. The van der Waals surface area contributed by atoms with Crippen LogP contribution in [0.4, 0.5) is 5.69 Å². The van der Waals surface area contributed by atoms with Gasteiger partial charge < -0.3 is 9.32 Å². The van der Waals surface area contributed by atoms with Crippen molar-refractivity contribution in [3.8, 4) is 0 Å². The highest BCUT2D eigenvalue weighted by molar-refractivity contribution is 7.98. The van der Waals surface area contributed by atoms with Crippen LogP contribution in [0.5, 0.6) is 0 Å². The summed E-state index contributed by atoms with van der Waals surface area (Å²) in [7, 11) is 0. The van der Waals surface area contributed by atoms with Gasteiger partial charge in [0.05, 0.1) is 29.7 Å². The molecule has 0 aliphatic carbocycles. The summed E-state index contributed by atoms with van der Waals surface area (Å²) in [5.74, 6) is 1.06. The van der Waals surface area contributed by atoms with Crippen LogP contribution in [0.25, 0.3) is 10.2 Å². The summed E-state index contributed by atoms with van der Waals surface area (Å²) < 4.78 is 7.09. The summed E-state index contributed by atoms with van der Waals surface area (Å²) in [6, 6.07) is 10.0. The summed E-state index contributed by atoms with van der Waals surface area (Å²) in [6.07, 6.45) is 2.18. The third-order valence-corrected chi connectivity index (χ3v) is 7.91. The van der Waals surface area contributed by atoms with Crippen molar-refractivity contribution >= 4 is 44.9 Å². The van der Waals surface area contributed by atoms with Crippen LogP contribution in [0.1, 0.15) is 28.7 Å². The minimum atomic E-state index is -0.425. The second kappa shape index (κ2) is 9.07. The monoisotopic (exact) mass is 496 g/mol. The van der Waals surface area contributed by atoms with Gasteiger partial charge in [-0.15, -0.1) is 11.3 Å². The number of thioether (sulfide) groups is 1. The predicted octanol–water partition coefficient (Wildman–Crippen LogP) is 4.20. The highest BCUT2D eigenvalue weighted by Crippen LogP contribution is 2.34. The van der Waals surface area contributed by atoms with E-state index in [1.54, 1.807) is 40.9 Å². The molecule has 34 heavy (non-hydrogen) atoms. The first kappa shape index (κ1) is 22.4. The minimum absolute atomic E-state index is 0.0134. The van der Waals surface area contributed by atoms with Gasteiger partial charge in [0.2, 0.25) is 5.91 Å². The summed E-state index contributed by atoms with van der Waals surface area (Å²) >= 11 is 2.80. The zero-order chi connectivity index (χ0) is 23.8. The van der Waals surface area contributed by atoms with Crippen molar-refractivity contribution < 1.29 is 14.1 Å². The summed E-state index contributed by atoms with van der Waals surface area (Å²) in [5, 5.41) is 12.2. The quantitative estimate of drug-likeness (QED) is 0.170. The van der Waals surface area contributed by atoms with Crippen molar-refractivity contribution in [3.63, 3.8) is 0 Å². The van der Waals surface area contributed by atoms with Crippen LogP contribution < -0.4 is 5.56 Å². The van der Waals surface area contributed by atoms with Gasteiger partial charge in [0.25, 0.3) is 11.2 Å². The van der Waals surface area contributed by atoms with Crippen molar-refractivity contribution in [2.75, 3.05) is 6.54 Å². The van der Waals surface area contributed by atoms with Crippen molar-refractivity contribution in [1.29, 1.82) is 0 Å². The molecule has 0 N–H and O–H groups in total. The molecule has 4 aromatic rings. The largest absolute Gasteiger partial charge is 0.467 e. The Morgan fingerprint density at radius 3 is 2.91 bits per heavy atom. The molecule has 1 aliphatic rings. The number of nitro groups is 1. The number of hydrogen-bond donors (Lipinski definition) is 0. The number of amides is 1. The number of aromatic nitrogens is 2. The molecule has 1 amide bonds. The number of thiophene rings is 1. The Bertz CT molecular complexity index is 1460. The molecule has 0 unspecified atom stereocenters. The smallest absolute Gasteiger partial charge is 0.269 e. The van der Waals surface area contributed by atoms with Crippen LogP contribution in [0, 0.1) is 10.1 Å². The molecule has 0 atom stereocenters. The number of rotatable bonds is 6. The lowest BCUT2D eigenvalue weighted by Gasteiger charge is -2.25. The van der Waals surface area contributed by atoms with Crippen molar-refractivity contribution in [2.24, 2.45) is 0 Å². The maximum absolute atomic E-state index is 13.7. The average molecular weight is 497 g/mol. The van der Waals surface area contributed by atoms with Crippen molar-refractivity contribution in [2.45, 2.75) is 37.3 Å². The molecule has 9 nitrogen and oxygen atoms in total. The van der Waals surface area contributed by atoms with E-state index in [1.807, 2.05) is 6.07 Å². The lowest BCUT2D eigenvalue weighted by molar-refractivity contribution is -0.384. The van der Waals surface area contributed by atoms with E-state index >= 15 is 0 Å². The van der Waals surface area contributed by atoms with Crippen molar-refractivity contribution in [3.05, 3.63) is 84.9 Å². The van der Waals surface area contributed by atoms with Gasteiger partial charge in [-0.3, -0.25) is 24.3 Å². The third kappa shape index (κ3) is 4.24. The van der Waals surface area contributed by atoms with E-state index in [-0.39, 0.29) is 23.7 Å². The highest BCUT2D eigenvalue weighted by Gasteiger charge is 2.26. The second-order valence-corrected chi connectivity index (χ2v) is 9.98. The molecule has 3 aromatic heterocycles. The number of non-ortho nitro benzene ring substituents is 1. The number of fused-ring (bicyclic) bond motifs is 3. The number of nitrogens with zero attached hydrogens (tertiary/aromatic N) is 4. The topological polar surface area (TPSA) is 111 Å². The number of hydrogen-bond acceptors (Lipinski definition) is 8. The van der Waals surface area contributed by atoms with Gasteiger partial charge in [0.15, 0.2) is 5.16 Å². The first-order valence-corrected chi connectivity index (χ1v) is 12.4. The SMILES string of the molecule is CC(=O)N1CCc2c(sc3nc(SCc4cccc([N+](=O)[O-])c4)n(Cc4ccco4)c(=O)c23)C1. The molecule has 0 saturated carbocycles. The van der Waals surface area contributed by atoms with E-state index in [1.165, 1.54) is 35.2 Å². The van der Waals surface area contributed by atoms with Gasteiger partial charge in [-0.25, -0.2) is 4.98 Å². The summed E-state index contributed by atoms with van der Waals surface area (Å²) in [6.45, 7) is 2.85. The number of furan rings is 1. The molecular weight excluding hydrogens is 476 g/mol. The fourth-order valence-electron chi connectivity index (χ4n) is 4.04. The molecule has 0 radical (unpaired) electrons. The molecule has 11 heteroatoms. The third-order valence-electron chi connectivity index (χ3n) is 5.75. The highest BCUT2D eigenvalue weighted by atomic mass is 32.2. The molecule has 4 heterocycles. The number of carbonyl (C=O) groups excluding carboxylic acids is 1. The molecule has 0 spiro atoms. The van der Waals surface area contributed by atoms with Gasteiger partial charge in [0, 0.05) is 36.2 Å². The molecule has 174 valence electrons. The predicted molar refractivity (Wildman–Crippen MR) is 129 cm³/mol. The molecule has 1 aromatic carbocycles. The molecule has 0 saturated heterocycles. The van der Waals surface area contributed by atoms with Gasteiger partial charge in [-0.2, -0.15) is 0 Å². The van der Waals surface area contributed by atoms with Crippen LogP contribution in [-0.2, 0) is 30.1 Å². The first-order valence-electron chi connectivity index (χ1n) is 10.6. The Morgan fingerprint density at radius 1 is 1.32 bits per heavy atom. The molecular formula is C23H20N4O5S2. The van der Waals surface area contributed by atoms with E-state index in [0.717, 1.165) is 16.0 Å². The van der Waals surface area contributed by atoms with Crippen LogP contribution in [0.2, 0.25) is 0 Å². The van der Waals surface area contributed by atoms with Gasteiger partial charge in [0.1, 0.15) is 10.6 Å². The zero-order valence-corrected chi connectivity index (χ0v) is 19.9. The van der Waals surface area contributed by atoms with E-state index in [0.29, 0.717) is 46.4 Å². The van der Waals surface area contributed by atoms with Crippen LogP contribution in [0.3, 0.4) is 0 Å². The van der Waals surface area contributed by atoms with Gasteiger partial charge in [-0.05, 0) is 29.7 Å². The Kier molecular flexibility index (Phi) is 5.96.